The predicted octanol–water partition coefficient (Wildman–Crippen LogP) is 4.53. The largest absolute Gasteiger partial charge is 0.310 e. The van der Waals surface area contributed by atoms with Crippen LogP contribution in [0.3, 0.4) is 0 Å². The van der Waals surface area contributed by atoms with E-state index < -0.39 is 0 Å². The molecule has 0 fully saturated rings. The molecule has 1 unspecified atom stereocenters. The van der Waals surface area contributed by atoms with Crippen LogP contribution in [0.15, 0.2) is 30.9 Å². The lowest BCUT2D eigenvalue weighted by Gasteiger charge is -2.19. The van der Waals surface area contributed by atoms with Crippen molar-refractivity contribution in [1.29, 1.82) is 0 Å². The first-order valence-corrected chi connectivity index (χ1v) is 6.79. The topological polar surface area (TPSA) is 12.0 Å². The van der Waals surface area contributed by atoms with E-state index >= 15 is 0 Å². The van der Waals surface area contributed by atoms with E-state index in [1.54, 1.807) is 6.07 Å². The van der Waals surface area contributed by atoms with E-state index in [1.807, 2.05) is 25.1 Å². The van der Waals surface area contributed by atoms with Crippen molar-refractivity contribution in [3.63, 3.8) is 0 Å². The summed E-state index contributed by atoms with van der Waals surface area (Å²) < 4.78 is 14.0. The maximum atomic E-state index is 14.0. The molecule has 1 N–H and O–H groups in total. The smallest absolute Gasteiger partial charge is 0.128 e. The second kappa shape index (κ2) is 8.04. The Hall–Kier alpha value is -1.15. The van der Waals surface area contributed by atoms with Crippen LogP contribution in [0, 0.1) is 12.7 Å². The van der Waals surface area contributed by atoms with Gasteiger partial charge in [-0.3, -0.25) is 0 Å². The highest BCUT2D eigenvalue weighted by molar-refractivity contribution is 5.26. The average Bonchev–Trinajstić information content (AvgIpc) is 2.34. The molecule has 0 saturated heterocycles. The van der Waals surface area contributed by atoms with Gasteiger partial charge in [0.2, 0.25) is 0 Å². The SMILES string of the molecule is C=CCCCC(NCCC)c1ccc(C)cc1F. The molecule has 1 aromatic rings. The van der Waals surface area contributed by atoms with E-state index in [4.69, 9.17) is 0 Å². The Labute approximate surface area is 110 Å². The van der Waals surface area contributed by atoms with Crippen molar-refractivity contribution in [3.05, 3.63) is 47.8 Å². The summed E-state index contributed by atoms with van der Waals surface area (Å²) in [6.07, 6.45) is 5.95. The summed E-state index contributed by atoms with van der Waals surface area (Å²) in [6.45, 7) is 8.69. The van der Waals surface area contributed by atoms with E-state index in [9.17, 15) is 4.39 Å². The van der Waals surface area contributed by atoms with Crippen molar-refractivity contribution < 1.29 is 4.39 Å². The van der Waals surface area contributed by atoms with Crippen LogP contribution in [0.5, 0.6) is 0 Å². The van der Waals surface area contributed by atoms with Crippen molar-refractivity contribution >= 4 is 0 Å². The first-order chi connectivity index (χ1) is 8.69. The molecule has 0 aromatic heterocycles. The Morgan fingerprint density at radius 2 is 2.22 bits per heavy atom. The maximum absolute atomic E-state index is 14.0. The van der Waals surface area contributed by atoms with Crippen LogP contribution in [0.25, 0.3) is 0 Å². The van der Waals surface area contributed by atoms with Gasteiger partial charge in [0.1, 0.15) is 5.82 Å². The van der Waals surface area contributed by atoms with Crippen molar-refractivity contribution in [2.24, 2.45) is 0 Å². The standard InChI is InChI=1S/C16H24FN/c1-4-6-7-8-16(18-11-5-2)14-10-9-13(3)12-15(14)17/h4,9-10,12,16,18H,1,5-8,11H2,2-3H3. The average molecular weight is 249 g/mol. The number of allylic oxidation sites excluding steroid dienone is 1. The van der Waals surface area contributed by atoms with Crippen molar-refractivity contribution in [2.45, 2.75) is 45.6 Å². The van der Waals surface area contributed by atoms with Crippen LogP contribution in [-0.2, 0) is 0 Å². The lowest BCUT2D eigenvalue weighted by atomic mass is 9.99. The summed E-state index contributed by atoms with van der Waals surface area (Å²) in [6, 6.07) is 5.62. The highest BCUT2D eigenvalue weighted by Crippen LogP contribution is 2.23. The molecule has 0 heterocycles. The van der Waals surface area contributed by atoms with Crippen LogP contribution in [0.4, 0.5) is 4.39 Å². The van der Waals surface area contributed by atoms with E-state index in [0.717, 1.165) is 43.4 Å². The third kappa shape index (κ3) is 4.61. The fourth-order valence-corrected chi connectivity index (χ4v) is 2.07. The van der Waals surface area contributed by atoms with Gasteiger partial charge in [0.05, 0.1) is 0 Å². The molecule has 0 spiro atoms. The number of benzene rings is 1. The normalized spacial score (nSPS) is 12.4. The summed E-state index contributed by atoms with van der Waals surface area (Å²) in [5.41, 5.74) is 1.76. The molecule has 0 aliphatic carbocycles. The molecule has 0 radical (unpaired) electrons. The van der Waals surface area contributed by atoms with Gasteiger partial charge >= 0.3 is 0 Å². The van der Waals surface area contributed by atoms with E-state index in [0.29, 0.717) is 0 Å². The second-order valence-electron chi connectivity index (χ2n) is 4.75. The number of nitrogens with one attached hydrogen (secondary N) is 1. The van der Waals surface area contributed by atoms with E-state index in [1.165, 1.54) is 0 Å². The number of rotatable bonds is 8. The van der Waals surface area contributed by atoms with Gasteiger partial charge in [-0.25, -0.2) is 4.39 Å². The number of hydrogen-bond acceptors (Lipinski definition) is 1. The van der Waals surface area contributed by atoms with Crippen LogP contribution in [0.2, 0.25) is 0 Å². The molecule has 18 heavy (non-hydrogen) atoms. The van der Waals surface area contributed by atoms with Gasteiger partial charge in [-0.15, -0.1) is 6.58 Å². The molecule has 1 aromatic carbocycles. The minimum Gasteiger partial charge on any atom is -0.310 e. The molecule has 0 amide bonds. The van der Waals surface area contributed by atoms with Gasteiger partial charge in [0, 0.05) is 11.6 Å². The number of hydrogen-bond donors (Lipinski definition) is 1. The lowest BCUT2D eigenvalue weighted by molar-refractivity contribution is 0.463. The zero-order valence-corrected chi connectivity index (χ0v) is 11.5. The Balaban J connectivity index is 2.76. The minimum atomic E-state index is -0.0952. The molecular formula is C16H24FN. The van der Waals surface area contributed by atoms with Gasteiger partial charge in [0.15, 0.2) is 0 Å². The van der Waals surface area contributed by atoms with Gasteiger partial charge in [-0.05, 0) is 50.8 Å². The molecule has 0 aliphatic heterocycles. The summed E-state index contributed by atoms with van der Waals surface area (Å²) in [4.78, 5) is 0. The van der Waals surface area contributed by atoms with Crippen molar-refractivity contribution in [1.82, 2.24) is 5.32 Å². The zero-order valence-electron chi connectivity index (χ0n) is 11.5. The molecular weight excluding hydrogens is 225 g/mol. The second-order valence-corrected chi connectivity index (χ2v) is 4.75. The molecule has 1 atom stereocenters. The van der Waals surface area contributed by atoms with Crippen molar-refractivity contribution in [3.8, 4) is 0 Å². The minimum absolute atomic E-state index is 0.0952. The van der Waals surface area contributed by atoms with Gasteiger partial charge in [-0.2, -0.15) is 0 Å². The molecule has 0 aliphatic rings. The van der Waals surface area contributed by atoms with Crippen LogP contribution in [0.1, 0.15) is 49.8 Å². The Bertz CT molecular complexity index is 373. The third-order valence-corrected chi connectivity index (χ3v) is 3.07. The quantitative estimate of drug-likeness (QED) is 0.527. The van der Waals surface area contributed by atoms with Crippen LogP contribution in [-0.4, -0.2) is 6.54 Å². The highest BCUT2D eigenvalue weighted by Gasteiger charge is 2.14. The molecule has 100 valence electrons. The molecule has 1 nitrogen and oxygen atoms in total. The Morgan fingerprint density at radius 3 is 2.83 bits per heavy atom. The highest BCUT2D eigenvalue weighted by atomic mass is 19.1. The van der Waals surface area contributed by atoms with Gasteiger partial charge < -0.3 is 5.32 Å². The lowest BCUT2D eigenvalue weighted by Crippen LogP contribution is -2.23. The summed E-state index contributed by atoms with van der Waals surface area (Å²) in [5, 5.41) is 3.43. The number of halogens is 1. The maximum Gasteiger partial charge on any atom is 0.128 e. The zero-order chi connectivity index (χ0) is 13.4. The van der Waals surface area contributed by atoms with E-state index in [-0.39, 0.29) is 11.9 Å². The number of aryl methyl sites for hydroxylation is 1. The van der Waals surface area contributed by atoms with Crippen molar-refractivity contribution in [2.75, 3.05) is 6.54 Å². The first kappa shape index (κ1) is 14.9. The Kier molecular flexibility index (Phi) is 6.66. The Morgan fingerprint density at radius 1 is 1.44 bits per heavy atom. The third-order valence-electron chi connectivity index (χ3n) is 3.07. The fraction of sp³-hybridized carbons (Fsp3) is 0.500. The fourth-order valence-electron chi connectivity index (χ4n) is 2.07. The van der Waals surface area contributed by atoms with Gasteiger partial charge in [0.25, 0.3) is 0 Å². The number of unbranched alkanes of at least 4 members (excludes halogenated alkanes) is 1. The first-order valence-electron chi connectivity index (χ1n) is 6.79. The monoisotopic (exact) mass is 249 g/mol. The predicted molar refractivity (Wildman–Crippen MR) is 76.2 cm³/mol. The van der Waals surface area contributed by atoms with E-state index in [2.05, 4.69) is 18.8 Å². The molecule has 2 heteroatoms. The molecule has 0 bridgehead atoms. The molecule has 1 rings (SSSR count). The summed E-state index contributed by atoms with van der Waals surface area (Å²) in [7, 11) is 0. The summed E-state index contributed by atoms with van der Waals surface area (Å²) >= 11 is 0. The summed E-state index contributed by atoms with van der Waals surface area (Å²) in [5.74, 6) is -0.0952. The van der Waals surface area contributed by atoms with Crippen LogP contribution >= 0.6 is 0 Å². The van der Waals surface area contributed by atoms with Gasteiger partial charge in [-0.1, -0.05) is 25.1 Å². The van der Waals surface area contributed by atoms with Crippen LogP contribution < -0.4 is 5.32 Å². The molecule has 0 saturated carbocycles.